The molecule has 426 valence electrons. The first-order chi connectivity index (χ1) is 34.5. The number of quaternary nitrogens is 1. The van der Waals surface area contributed by atoms with Crippen LogP contribution in [0.4, 0.5) is 0 Å². The van der Waals surface area contributed by atoms with Gasteiger partial charge in [0.2, 0.25) is 5.91 Å². The highest BCUT2D eigenvalue weighted by molar-refractivity contribution is 7.45. The van der Waals surface area contributed by atoms with Crippen LogP contribution >= 0.6 is 7.82 Å². The van der Waals surface area contributed by atoms with E-state index in [1.54, 1.807) is 0 Å². The molecular formula is C62H127N2O6P. The molecular weight excluding hydrogens is 900 g/mol. The highest BCUT2D eigenvalue weighted by Gasteiger charge is 2.24. The molecule has 1 amide bonds. The number of unbranched alkanes of at least 4 members (excludes halogenated alkanes) is 47. The molecule has 0 radical (unpaired) electrons. The lowest BCUT2D eigenvalue weighted by atomic mass is 10.0. The Morgan fingerprint density at radius 2 is 0.690 bits per heavy atom. The average molecular weight is 1030 g/mol. The summed E-state index contributed by atoms with van der Waals surface area (Å²) in [6.45, 7) is 4.78. The van der Waals surface area contributed by atoms with Crippen molar-refractivity contribution in [1.82, 2.24) is 5.32 Å². The molecule has 0 aliphatic carbocycles. The van der Waals surface area contributed by atoms with Gasteiger partial charge in [-0.15, -0.1) is 0 Å². The summed E-state index contributed by atoms with van der Waals surface area (Å²) in [4.78, 5) is 25.6. The van der Waals surface area contributed by atoms with E-state index in [1.165, 1.54) is 276 Å². The third-order valence-electron chi connectivity index (χ3n) is 15.1. The molecule has 0 saturated heterocycles. The van der Waals surface area contributed by atoms with Crippen LogP contribution in [0, 0.1) is 0 Å². The topological polar surface area (TPSA) is 108 Å². The Morgan fingerprint density at radius 1 is 0.437 bits per heavy atom. The van der Waals surface area contributed by atoms with Gasteiger partial charge in [-0.2, -0.15) is 0 Å². The van der Waals surface area contributed by atoms with Crippen molar-refractivity contribution in [3.05, 3.63) is 0 Å². The summed E-state index contributed by atoms with van der Waals surface area (Å²) in [7, 11) is 1.33. The van der Waals surface area contributed by atoms with Crippen LogP contribution in [0.15, 0.2) is 0 Å². The van der Waals surface area contributed by atoms with Gasteiger partial charge in [0.15, 0.2) is 0 Å². The summed E-state index contributed by atoms with van der Waals surface area (Å²) >= 11 is 0. The lowest BCUT2D eigenvalue weighted by Gasteiger charge is -2.30. The summed E-state index contributed by atoms with van der Waals surface area (Å²) in [6.07, 6.45) is 65.9. The molecule has 0 spiro atoms. The summed E-state index contributed by atoms with van der Waals surface area (Å²) in [5.41, 5.74) is 0. The standard InChI is InChI=1S/C62H127N2O6P/c1-6-8-10-12-14-16-18-20-22-24-25-26-27-28-29-30-31-32-33-34-35-36-37-38-40-42-44-46-48-50-52-54-56-62(66)63-60(59-70-71(67,68)69-58-57-64(3,4)5)61(65)55-53-51-49-47-45-43-41-39-23-21-19-17-15-13-11-9-7-2/h60-61,65H,6-59H2,1-5H3,(H-,63,66,67,68)/t60-,61+/m0/s1. The normalized spacial score (nSPS) is 13.7. The monoisotopic (exact) mass is 1030 g/mol. The van der Waals surface area contributed by atoms with E-state index in [2.05, 4.69) is 19.2 Å². The minimum atomic E-state index is -4.57. The molecule has 2 N–H and O–H groups in total. The predicted octanol–water partition coefficient (Wildman–Crippen LogP) is 19.0. The van der Waals surface area contributed by atoms with E-state index < -0.39 is 20.0 Å². The van der Waals surface area contributed by atoms with Gasteiger partial charge in [-0.3, -0.25) is 9.36 Å². The summed E-state index contributed by atoms with van der Waals surface area (Å²) in [5.74, 6) is -0.155. The number of rotatable bonds is 60. The first-order valence-electron chi connectivity index (χ1n) is 31.9. The number of nitrogens with one attached hydrogen (secondary N) is 1. The molecule has 0 fully saturated rings. The van der Waals surface area contributed by atoms with E-state index in [0.29, 0.717) is 23.9 Å². The quantitative estimate of drug-likeness (QED) is 0.0357. The van der Waals surface area contributed by atoms with Crippen molar-refractivity contribution < 1.29 is 32.9 Å². The van der Waals surface area contributed by atoms with Crippen molar-refractivity contribution in [3.8, 4) is 0 Å². The van der Waals surface area contributed by atoms with Gasteiger partial charge in [0.1, 0.15) is 13.2 Å². The number of hydrogen-bond donors (Lipinski definition) is 2. The second-order valence-corrected chi connectivity index (χ2v) is 24.9. The first-order valence-corrected chi connectivity index (χ1v) is 33.3. The maximum absolute atomic E-state index is 13.0. The number of likely N-dealkylation sites (N-methyl/N-ethyl adjacent to an activating group) is 1. The third-order valence-corrected chi connectivity index (χ3v) is 16.1. The van der Waals surface area contributed by atoms with Crippen LogP contribution in [0.25, 0.3) is 0 Å². The fourth-order valence-corrected chi connectivity index (χ4v) is 10.8. The molecule has 8 nitrogen and oxygen atoms in total. The van der Waals surface area contributed by atoms with Gasteiger partial charge in [0.25, 0.3) is 7.82 Å². The Balaban J connectivity index is 3.96. The molecule has 3 atom stereocenters. The second-order valence-electron chi connectivity index (χ2n) is 23.5. The zero-order valence-electron chi connectivity index (χ0n) is 48.7. The molecule has 0 aliphatic rings. The molecule has 0 aromatic carbocycles. The van der Waals surface area contributed by atoms with Gasteiger partial charge in [0.05, 0.1) is 39.9 Å². The Hall–Kier alpha value is -0.500. The fourth-order valence-electron chi connectivity index (χ4n) is 10.1. The maximum Gasteiger partial charge on any atom is 0.268 e. The van der Waals surface area contributed by atoms with E-state index >= 15 is 0 Å². The van der Waals surface area contributed by atoms with E-state index in [4.69, 9.17) is 9.05 Å². The highest BCUT2D eigenvalue weighted by Crippen LogP contribution is 2.38. The first kappa shape index (κ1) is 70.5. The Bertz CT molecular complexity index is 1120. The van der Waals surface area contributed by atoms with Crippen molar-refractivity contribution in [2.75, 3.05) is 40.9 Å². The average Bonchev–Trinajstić information content (AvgIpc) is 3.33. The summed E-state index contributed by atoms with van der Waals surface area (Å²) in [5, 5.41) is 14.0. The van der Waals surface area contributed by atoms with Crippen molar-refractivity contribution in [2.45, 2.75) is 353 Å². The number of amides is 1. The zero-order valence-corrected chi connectivity index (χ0v) is 49.6. The van der Waals surface area contributed by atoms with Gasteiger partial charge < -0.3 is 28.8 Å². The van der Waals surface area contributed by atoms with Gasteiger partial charge in [-0.25, -0.2) is 0 Å². The predicted molar refractivity (Wildman–Crippen MR) is 307 cm³/mol. The number of carbonyl (C=O) groups is 1. The molecule has 9 heteroatoms. The summed E-state index contributed by atoms with van der Waals surface area (Å²) < 4.78 is 23.5. The van der Waals surface area contributed by atoms with Gasteiger partial charge in [-0.1, -0.05) is 322 Å². The second kappa shape index (κ2) is 54.3. The zero-order chi connectivity index (χ0) is 52.0. The van der Waals surface area contributed by atoms with Crippen molar-refractivity contribution >= 4 is 13.7 Å². The van der Waals surface area contributed by atoms with E-state index in [9.17, 15) is 19.4 Å². The maximum atomic E-state index is 13.0. The van der Waals surface area contributed by atoms with Crippen molar-refractivity contribution in [3.63, 3.8) is 0 Å². The number of carbonyl (C=O) groups excluding carboxylic acids is 1. The molecule has 0 heterocycles. The smallest absolute Gasteiger partial charge is 0.268 e. The highest BCUT2D eigenvalue weighted by atomic mass is 31.2. The molecule has 0 aromatic rings. The molecule has 0 aliphatic heterocycles. The van der Waals surface area contributed by atoms with Gasteiger partial charge in [-0.05, 0) is 12.8 Å². The summed E-state index contributed by atoms with van der Waals surface area (Å²) in [6, 6.07) is -0.795. The molecule has 0 rings (SSSR count). The SMILES string of the molecule is CCCCCCCCCCCCCCCCCCCCCCCCCCCCCCCCCCC(=O)N[C@@H](COP(=O)([O-])OCC[N+](C)(C)C)[C@H](O)CCCCCCCCCCCCCCCCCCC. The van der Waals surface area contributed by atoms with Crippen LogP contribution in [-0.4, -0.2) is 68.5 Å². The van der Waals surface area contributed by atoms with Gasteiger partial charge >= 0.3 is 0 Å². The van der Waals surface area contributed by atoms with E-state index in [-0.39, 0.29) is 19.1 Å². The van der Waals surface area contributed by atoms with Crippen molar-refractivity contribution in [2.24, 2.45) is 0 Å². The van der Waals surface area contributed by atoms with Gasteiger partial charge in [0, 0.05) is 6.42 Å². The molecule has 0 saturated carbocycles. The largest absolute Gasteiger partial charge is 0.756 e. The van der Waals surface area contributed by atoms with Crippen LogP contribution in [0.5, 0.6) is 0 Å². The number of phosphoric acid groups is 1. The van der Waals surface area contributed by atoms with Crippen LogP contribution in [-0.2, 0) is 18.4 Å². The van der Waals surface area contributed by atoms with Crippen LogP contribution in [0.2, 0.25) is 0 Å². The van der Waals surface area contributed by atoms with Crippen LogP contribution in [0.1, 0.15) is 341 Å². The lowest BCUT2D eigenvalue weighted by Crippen LogP contribution is -2.46. The Labute approximate surface area is 444 Å². The fraction of sp³-hybridized carbons (Fsp3) is 0.984. The van der Waals surface area contributed by atoms with Crippen LogP contribution in [0.3, 0.4) is 0 Å². The number of aliphatic hydroxyl groups is 1. The van der Waals surface area contributed by atoms with E-state index in [0.717, 1.165) is 38.5 Å². The number of nitrogens with zero attached hydrogens (tertiary/aromatic N) is 1. The number of aliphatic hydroxyl groups excluding tert-OH is 1. The minimum Gasteiger partial charge on any atom is -0.756 e. The van der Waals surface area contributed by atoms with Crippen LogP contribution < -0.4 is 10.2 Å². The number of phosphoric ester groups is 1. The minimum absolute atomic E-state index is 0.0167. The Kier molecular flexibility index (Phi) is 53.9. The lowest BCUT2D eigenvalue weighted by molar-refractivity contribution is -0.870. The molecule has 1 unspecified atom stereocenters. The third kappa shape index (κ3) is 57.1. The molecule has 0 aromatic heterocycles. The number of hydrogen-bond acceptors (Lipinski definition) is 6. The molecule has 0 bridgehead atoms. The Morgan fingerprint density at radius 3 is 0.958 bits per heavy atom. The van der Waals surface area contributed by atoms with E-state index in [1.807, 2.05) is 21.1 Å². The molecule has 71 heavy (non-hydrogen) atoms. The van der Waals surface area contributed by atoms with Crippen molar-refractivity contribution in [1.29, 1.82) is 0 Å².